The lowest BCUT2D eigenvalue weighted by atomic mass is 10.1. The van der Waals surface area contributed by atoms with Gasteiger partial charge in [0.15, 0.2) is 0 Å². The normalized spacial score (nSPS) is 12.0. The molecule has 0 radical (unpaired) electrons. The number of nitrogens with zero attached hydrogens (tertiary/aromatic N) is 1. The van der Waals surface area contributed by atoms with Gasteiger partial charge in [0.1, 0.15) is 5.75 Å². The minimum Gasteiger partial charge on any atom is -0.493 e. The van der Waals surface area contributed by atoms with Crippen LogP contribution in [0.15, 0.2) is 18.2 Å². The molecule has 1 rings (SSSR count). The molecule has 21 heavy (non-hydrogen) atoms. The molecule has 0 saturated heterocycles. The highest BCUT2D eigenvalue weighted by molar-refractivity contribution is 5.76. The Balaban J connectivity index is 2.34. The van der Waals surface area contributed by atoms with Crippen molar-refractivity contribution in [3.63, 3.8) is 0 Å². The summed E-state index contributed by atoms with van der Waals surface area (Å²) in [6.07, 6.45) is -0.382. The Kier molecular flexibility index (Phi) is 7.19. The lowest BCUT2D eigenvalue weighted by Crippen LogP contribution is -2.36. The van der Waals surface area contributed by atoms with Crippen LogP contribution in [0.4, 0.5) is 0 Å². The molecule has 5 heteroatoms. The van der Waals surface area contributed by atoms with E-state index < -0.39 is 6.10 Å². The molecule has 118 valence electrons. The number of aliphatic hydroxyl groups is 1. The van der Waals surface area contributed by atoms with Crippen LogP contribution in [0.25, 0.3) is 0 Å². The highest BCUT2D eigenvalue weighted by atomic mass is 16.5. The molecule has 0 spiro atoms. The summed E-state index contributed by atoms with van der Waals surface area (Å²) < 4.78 is 10.4. The average Bonchev–Trinajstić information content (AvgIpc) is 2.42. The van der Waals surface area contributed by atoms with E-state index in [0.717, 1.165) is 5.75 Å². The number of hydrogen-bond acceptors (Lipinski definition) is 4. The third-order valence-corrected chi connectivity index (χ3v) is 3.33. The van der Waals surface area contributed by atoms with Gasteiger partial charge in [-0.05, 0) is 37.1 Å². The monoisotopic (exact) mass is 295 g/mol. The number of aliphatic hydroxyl groups excluding tert-OH is 1. The number of methoxy groups -OCH3 is 1. The van der Waals surface area contributed by atoms with Gasteiger partial charge in [0, 0.05) is 20.7 Å². The van der Waals surface area contributed by atoms with Crippen molar-refractivity contribution in [3.05, 3.63) is 29.3 Å². The largest absolute Gasteiger partial charge is 0.493 e. The van der Waals surface area contributed by atoms with Crippen LogP contribution in [0.5, 0.6) is 5.75 Å². The Hall–Kier alpha value is -1.59. The molecule has 1 aromatic carbocycles. The van der Waals surface area contributed by atoms with Crippen LogP contribution >= 0.6 is 0 Å². The number of benzene rings is 1. The second-order valence-corrected chi connectivity index (χ2v) is 5.23. The SMILES string of the molecule is COCC(O)CN(C)C(=O)CCOc1ccc(C)c(C)c1. The first-order valence-electron chi connectivity index (χ1n) is 7.05. The third-order valence-electron chi connectivity index (χ3n) is 3.33. The summed E-state index contributed by atoms with van der Waals surface area (Å²) in [6.45, 7) is 4.88. The molecule has 1 aromatic rings. The van der Waals surface area contributed by atoms with Crippen molar-refractivity contribution in [3.8, 4) is 5.75 Å². The quantitative estimate of drug-likeness (QED) is 0.790. The first kappa shape index (κ1) is 17.5. The summed E-state index contributed by atoms with van der Waals surface area (Å²) in [5, 5.41) is 9.58. The number of rotatable bonds is 8. The van der Waals surface area contributed by atoms with Crippen molar-refractivity contribution in [2.24, 2.45) is 0 Å². The van der Waals surface area contributed by atoms with E-state index in [1.807, 2.05) is 32.0 Å². The summed E-state index contributed by atoms with van der Waals surface area (Å²) in [5.41, 5.74) is 2.38. The second-order valence-electron chi connectivity index (χ2n) is 5.23. The fourth-order valence-electron chi connectivity index (χ4n) is 1.91. The summed E-state index contributed by atoms with van der Waals surface area (Å²) >= 11 is 0. The van der Waals surface area contributed by atoms with Crippen molar-refractivity contribution in [1.82, 2.24) is 4.90 Å². The van der Waals surface area contributed by atoms with E-state index in [-0.39, 0.29) is 25.5 Å². The maximum absolute atomic E-state index is 11.9. The minimum absolute atomic E-state index is 0.0611. The Morgan fingerprint density at radius 3 is 2.67 bits per heavy atom. The smallest absolute Gasteiger partial charge is 0.225 e. The van der Waals surface area contributed by atoms with Crippen LogP contribution in [0.2, 0.25) is 0 Å². The molecule has 0 aromatic heterocycles. The summed E-state index contributed by atoms with van der Waals surface area (Å²) in [6, 6.07) is 5.87. The van der Waals surface area contributed by atoms with E-state index >= 15 is 0 Å². The van der Waals surface area contributed by atoms with Gasteiger partial charge in [-0.2, -0.15) is 0 Å². The topological polar surface area (TPSA) is 59.0 Å². The van der Waals surface area contributed by atoms with E-state index in [1.165, 1.54) is 23.1 Å². The van der Waals surface area contributed by atoms with Crippen LogP contribution in [0.1, 0.15) is 17.5 Å². The molecule has 0 aliphatic rings. The number of hydrogen-bond donors (Lipinski definition) is 1. The van der Waals surface area contributed by atoms with Crippen LogP contribution in [0.3, 0.4) is 0 Å². The van der Waals surface area contributed by atoms with Gasteiger partial charge in [0.25, 0.3) is 0 Å². The first-order valence-corrected chi connectivity index (χ1v) is 7.05. The third kappa shape index (κ3) is 6.14. The molecule has 5 nitrogen and oxygen atoms in total. The Morgan fingerprint density at radius 1 is 1.33 bits per heavy atom. The molecule has 1 atom stereocenters. The van der Waals surface area contributed by atoms with Crippen molar-refractivity contribution in [2.45, 2.75) is 26.4 Å². The van der Waals surface area contributed by atoms with Crippen LogP contribution in [-0.2, 0) is 9.53 Å². The Labute approximate surface area is 126 Å². The van der Waals surface area contributed by atoms with E-state index in [1.54, 1.807) is 7.05 Å². The molecule has 1 unspecified atom stereocenters. The predicted molar refractivity (Wildman–Crippen MR) is 81.5 cm³/mol. The van der Waals surface area contributed by atoms with Crippen molar-refractivity contribution in [2.75, 3.05) is 33.9 Å². The Morgan fingerprint density at radius 2 is 2.05 bits per heavy atom. The number of carbonyl (C=O) groups is 1. The van der Waals surface area contributed by atoms with Crippen LogP contribution < -0.4 is 4.74 Å². The fraction of sp³-hybridized carbons (Fsp3) is 0.562. The van der Waals surface area contributed by atoms with Gasteiger partial charge >= 0.3 is 0 Å². The molecule has 1 amide bonds. The second kappa shape index (κ2) is 8.64. The lowest BCUT2D eigenvalue weighted by Gasteiger charge is -2.20. The maximum Gasteiger partial charge on any atom is 0.225 e. The van der Waals surface area contributed by atoms with E-state index in [4.69, 9.17) is 9.47 Å². The van der Waals surface area contributed by atoms with Crippen molar-refractivity contribution in [1.29, 1.82) is 0 Å². The van der Waals surface area contributed by atoms with Crippen LogP contribution in [-0.4, -0.2) is 55.9 Å². The maximum atomic E-state index is 11.9. The van der Waals surface area contributed by atoms with Gasteiger partial charge in [-0.25, -0.2) is 0 Å². The molecule has 0 saturated carbocycles. The number of amides is 1. The number of aryl methyl sites for hydroxylation is 2. The highest BCUT2D eigenvalue weighted by Gasteiger charge is 2.13. The zero-order chi connectivity index (χ0) is 15.8. The highest BCUT2D eigenvalue weighted by Crippen LogP contribution is 2.16. The molecular weight excluding hydrogens is 270 g/mol. The van der Waals surface area contributed by atoms with Gasteiger partial charge in [0.2, 0.25) is 5.91 Å². The van der Waals surface area contributed by atoms with Crippen molar-refractivity contribution < 1.29 is 19.4 Å². The fourth-order valence-corrected chi connectivity index (χ4v) is 1.91. The minimum atomic E-state index is -0.662. The summed E-state index contributed by atoms with van der Waals surface area (Å²) in [4.78, 5) is 13.4. The van der Waals surface area contributed by atoms with Gasteiger partial charge in [-0.1, -0.05) is 6.07 Å². The van der Waals surface area contributed by atoms with Crippen molar-refractivity contribution >= 4 is 5.91 Å². The molecule has 0 bridgehead atoms. The summed E-state index contributed by atoms with van der Waals surface area (Å²) in [7, 11) is 3.18. The summed E-state index contributed by atoms with van der Waals surface area (Å²) in [5.74, 6) is 0.710. The average molecular weight is 295 g/mol. The predicted octanol–water partition coefficient (Wildman–Crippen LogP) is 1.54. The first-order chi connectivity index (χ1) is 9.93. The van der Waals surface area contributed by atoms with Gasteiger partial charge in [0.05, 0.1) is 25.7 Å². The number of carbonyl (C=O) groups excluding carboxylic acids is 1. The zero-order valence-corrected chi connectivity index (χ0v) is 13.3. The van der Waals surface area contributed by atoms with E-state index in [9.17, 15) is 9.90 Å². The zero-order valence-electron chi connectivity index (χ0n) is 13.3. The number of likely N-dealkylation sites (N-methyl/N-ethyl adjacent to an activating group) is 1. The van der Waals surface area contributed by atoms with Gasteiger partial charge < -0.3 is 19.5 Å². The molecule has 1 N–H and O–H groups in total. The molecule has 0 aliphatic carbocycles. The molecule has 0 heterocycles. The van der Waals surface area contributed by atoms with E-state index in [2.05, 4.69) is 0 Å². The standard InChI is InChI=1S/C16H25NO4/c1-12-5-6-15(9-13(12)2)21-8-7-16(19)17(3)10-14(18)11-20-4/h5-6,9,14,18H,7-8,10-11H2,1-4H3. The van der Waals surface area contributed by atoms with Gasteiger partial charge in [-0.3, -0.25) is 4.79 Å². The Bertz CT molecular complexity index is 462. The van der Waals surface area contributed by atoms with Gasteiger partial charge in [-0.15, -0.1) is 0 Å². The molecule has 0 fully saturated rings. The van der Waals surface area contributed by atoms with E-state index in [0.29, 0.717) is 6.61 Å². The molecular formula is C16H25NO4. The number of ether oxygens (including phenoxy) is 2. The lowest BCUT2D eigenvalue weighted by molar-refractivity contribution is -0.132. The van der Waals surface area contributed by atoms with Crippen LogP contribution in [0, 0.1) is 13.8 Å². The molecule has 0 aliphatic heterocycles.